The van der Waals surface area contributed by atoms with Gasteiger partial charge in [0.1, 0.15) is 12.4 Å². The van der Waals surface area contributed by atoms with Gasteiger partial charge in [0.25, 0.3) is 5.91 Å². The van der Waals surface area contributed by atoms with Crippen molar-refractivity contribution < 1.29 is 19.1 Å². The first-order valence-electron chi connectivity index (χ1n) is 7.36. The quantitative estimate of drug-likeness (QED) is 0.847. The summed E-state index contributed by atoms with van der Waals surface area (Å²) in [5.74, 6) is 0.238. The van der Waals surface area contributed by atoms with Gasteiger partial charge < -0.3 is 14.8 Å². The molecule has 0 radical (unpaired) electrons. The Kier molecular flexibility index (Phi) is 5.20. The molecule has 1 unspecified atom stereocenters. The highest BCUT2D eigenvalue weighted by Gasteiger charge is 2.19. The molecule has 5 heteroatoms. The van der Waals surface area contributed by atoms with E-state index in [1.807, 2.05) is 45.0 Å². The summed E-state index contributed by atoms with van der Waals surface area (Å²) in [4.78, 5) is 23.7. The highest BCUT2D eigenvalue weighted by atomic mass is 16.5. The van der Waals surface area contributed by atoms with Crippen molar-refractivity contribution in [1.82, 2.24) is 5.32 Å². The second-order valence-corrected chi connectivity index (χ2v) is 5.67. The zero-order valence-electron chi connectivity index (χ0n) is 13.1. The predicted octanol–water partition coefficient (Wildman–Crippen LogP) is 2.17. The van der Waals surface area contributed by atoms with Gasteiger partial charge in [-0.15, -0.1) is 0 Å². The molecule has 0 saturated heterocycles. The van der Waals surface area contributed by atoms with E-state index in [1.165, 1.54) is 0 Å². The zero-order chi connectivity index (χ0) is 16.1. The lowest BCUT2D eigenvalue weighted by atomic mass is 10.1. The summed E-state index contributed by atoms with van der Waals surface area (Å²) in [5.41, 5.74) is 1.24. The molecule has 0 fully saturated rings. The first kappa shape index (κ1) is 16.1. The van der Waals surface area contributed by atoms with Crippen molar-refractivity contribution in [1.29, 1.82) is 0 Å². The Morgan fingerprint density at radius 1 is 1.27 bits per heavy atom. The molecule has 1 aliphatic rings. The van der Waals surface area contributed by atoms with Crippen molar-refractivity contribution in [3.8, 4) is 5.75 Å². The normalized spacial score (nSPS) is 14.5. The first-order valence-corrected chi connectivity index (χ1v) is 7.36. The van der Waals surface area contributed by atoms with E-state index in [-0.39, 0.29) is 25.2 Å². The van der Waals surface area contributed by atoms with Crippen LogP contribution in [-0.4, -0.2) is 31.1 Å². The molecule has 118 valence electrons. The van der Waals surface area contributed by atoms with E-state index in [1.54, 1.807) is 6.08 Å². The van der Waals surface area contributed by atoms with E-state index in [0.717, 1.165) is 11.3 Å². The van der Waals surface area contributed by atoms with Gasteiger partial charge in [0.05, 0.1) is 5.57 Å². The van der Waals surface area contributed by atoms with E-state index >= 15 is 0 Å². The number of carbonyl (C=O) groups excluding carboxylic acids is 2. The van der Waals surface area contributed by atoms with Gasteiger partial charge in [0.15, 0.2) is 6.61 Å². The van der Waals surface area contributed by atoms with Crippen molar-refractivity contribution in [2.75, 3.05) is 13.2 Å². The number of benzene rings is 1. The van der Waals surface area contributed by atoms with Crippen LogP contribution < -0.4 is 10.1 Å². The molecule has 1 N–H and O–H groups in total. The Morgan fingerprint density at radius 3 is 2.73 bits per heavy atom. The fraction of sp³-hybridized carbons (Fsp3) is 0.412. The number of esters is 1. The summed E-state index contributed by atoms with van der Waals surface area (Å²) in [7, 11) is 0. The molecule has 0 spiro atoms. The number of hydrogen-bond donors (Lipinski definition) is 1. The lowest BCUT2D eigenvalue weighted by molar-refractivity contribution is -0.145. The average molecular weight is 303 g/mol. The monoisotopic (exact) mass is 303 g/mol. The molecular weight excluding hydrogens is 282 g/mol. The molecule has 1 heterocycles. The van der Waals surface area contributed by atoms with Crippen LogP contribution in [0.5, 0.6) is 5.75 Å². The second-order valence-electron chi connectivity index (χ2n) is 5.67. The van der Waals surface area contributed by atoms with Crippen LogP contribution >= 0.6 is 0 Å². The lowest BCUT2D eigenvalue weighted by Gasteiger charge is -2.18. The Balaban J connectivity index is 1.88. The van der Waals surface area contributed by atoms with Gasteiger partial charge in [0, 0.05) is 11.6 Å². The van der Waals surface area contributed by atoms with Crippen molar-refractivity contribution in [2.24, 2.45) is 5.92 Å². The van der Waals surface area contributed by atoms with Crippen LogP contribution in [0.25, 0.3) is 6.08 Å². The van der Waals surface area contributed by atoms with E-state index in [0.29, 0.717) is 11.5 Å². The molecule has 2 rings (SSSR count). The van der Waals surface area contributed by atoms with Gasteiger partial charge in [-0.05, 0) is 25.0 Å². The van der Waals surface area contributed by atoms with E-state index < -0.39 is 5.97 Å². The lowest BCUT2D eigenvalue weighted by Crippen LogP contribution is -2.38. The molecule has 5 nitrogen and oxygen atoms in total. The van der Waals surface area contributed by atoms with E-state index in [2.05, 4.69) is 5.32 Å². The largest absolute Gasteiger partial charge is 0.488 e. The number of ether oxygens (including phenoxy) is 2. The third kappa shape index (κ3) is 4.10. The van der Waals surface area contributed by atoms with Crippen LogP contribution in [0.15, 0.2) is 29.8 Å². The molecule has 1 aromatic rings. The SMILES string of the molecule is CC(C)C(C)NC(=O)COC(=O)C1=Cc2ccccc2OC1. The summed E-state index contributed by atoms with van der Waals surface area (Å²) in [5, 5.41) is 2.79. The van der Waals surface area contributed by atoms with Crippen molar-refractivity contribution in [3.05, 3.63) is 35.4 Å². The molecule has 0 aliphatic carbocycles. The van der Waals surface area contributed by atoms with Gasteiger partial charge in [-0.1, -0.05) is 32.0 Å². The van der Waals surface area contributed by atoms with Crippen LogP contribution in [0.1, 0.15) is 26.3 Å². The highest BCUT2D eigenvalue weighted by molar-refractivity contribution is 5.96. The van der Waals surface area contributed by atoms with Gasteiger partial charge in [0.2, 0.25) is 0 Å². The summed E-state index contributed by atoms with van der Waals surface area (Å²) >= 11 is 0. The Morgan fingerprint density at radius 2 is 2.00 bits per heavy atom. The summed E-state index contributed by atoms with van der Waals surface area (Å²) in [6, 6.07) is 7.48. The Hall–Kier alpha value is -2.30. The van der Waals surface area contributed by atoms with Crippen LogP contribution in [0, 0.1) is 5.92 Å². The van der Waals surface area contributed by atoms with Crippen LogP contribution in [0.4, 0.5) is 0 Å². The van der Waals surface area contributed by atoms with Crippen molar-refractivity contribution in [2.45, 2.75) is 26.8 Å². The predicted molar refractivity (Wildman–Crippen MR) is 83.3 cm³/mol. The maximum Gasteiger partial charge on any atom is 0.338 e. The summed E-state index contributed by atoms with van der Waals surface area (Å²) in [6.07, 6.45) is 1.73. The fourth-order valence-electron chi connectivity index (χ4n) is 1.92. The molecule has 0 bridgehead atoms. The number of rotatable bonds is 5. The molecule has 1 aliphatic heterocycles. The van der Waals surface area contributed by atoms with Gasteiger partial charge in [-0.3, -0.25) is 4.79 Å². The number of fused-ring (bicyclic) bond motifs is 1. The standard InChI is InChI=1S/C17H21NO4/c1-11(2)12(3)18-16(19)10-22-17(20)14-8-13-6-4-5-7-15(13)21-9-14/h4-8,11-12H,9-10H2,1-3H3,(H,18,19). The van der Waals surface area contributed by atoms with Crippen LogP contribution in [0.2, 0.25) is 0 Å². The minimum Gasteiger partial charge on any atom is -0.488 e. The van der Waals surface area contributed by atoms with Crippen LogP contribution in [-0.2, 0) is 14.3 Å². The molecule has 22 heavy (non-hydrogen) atoms. The topological polar surface area (TPSA) is 64.6 Å². The number of hydrogen-bond acceptors (Lipinski definition) is 4. The third-order valence-corrected chi connectivity index (χ3v) is 3.62. The number of carbonyl (C=O) groups is 2. The molecule has 1 aromatic carbocycles. The average Bonchev–Trinajstić information content (AvgIpc) is 2.52. The number of amides is 1. The minimum absolute atomic E-state index is 0.0373. The zero-order valence-corrected chi connectivity index (χ0v) is 13.1. The van der Waals surface area contributed by atoms with Gasteiger partial charge in [-0.25, -0.2) is 4.79 Å². The maximum absolute atomic E-state index is 12.0. The van der Waals surface area contributed by atoms with E-state index in [9.17, 15) is 9.59 Å². The third-order valence-electron chi connectivity index (χ3n) is 3.62. The van der Waals surface area contributed by atoms with Crippen molar-refractivity contribution >= 4 is 18.0 Å². The molecule has 1 atom stereocenters. The summed E-state index contributed by atoms with van der Waals surface area (Å²) < 4.78 is 10.5. The smallest absolute Gasteiger partial charge is 0.338 e. The number of para-hydroxylation sites is 1. The summed E-state index contributed by atoms with van der Waals surface area (Å²) in [6.45, 7) is 5.81. The van der Waals surface area contributed by atoms with E-state index in [4.69, 9.17) is 9.47 Å². The van der Waals surface area contributed by atoms with Gasteiger partial charge in [-0.2, -0.15) is 0 Å². The molecule has 1 amide bonds. The second kappa shape index (κ2) is 7.11. The Labute approximate surface area is 130 Å². The fourth-order valence-corrected chi connectivity index (χ4v) is 1.92. The molecule has 0 saturated carbocycles. The minimum atomic E-state index is -0.526. The highest BCUT2D eigenvalue weighted by Crippen LogP contribution is 2.25. The number of nitrogens with one attached hydrogen (secondary N) is 1. The van der Waals surface area contributed by atoms with Gasteiger partial charge >= 0.3 is 5.97 Å². The van der Waals surface area contributed by atoms with Crippen LogP contribution in [0.3, 0.4) is 0 Å². The Bertz CT molecular complexity index is 592. The molecule has 0 aromatic heterocycles. The molecular formula is C17H21NO4. The maximum atomic E-state index is 12.0. The van der Waals surface area contributed by atoms with Crippen molar-refractivity contribution in [3.63, 3.8) is 0 Å². The first-order chi connectivity index (χ1) is 10.5.